The molecule has 0 radical (unpaired) electrons. The van der Waals surface area contributed by atoms with Gasteiger partial charge in [0.05, 0.1) is 7.11 Å². The van der Waals surface area contributed by atoms with Gasteiger partial charge in [-0.25, -0.2) is 4.79 Å². The fraction of sp³-hybridized carbons (Fsp3) is 0.0588. The van der Waals surface area contributed by atoms with Crippen LogP contribution in [0.4, 0.5) is 5.69 Å². The smallest absolute Gasteiger partial charge is 0.349 e. The van der Waals surface area contributed by atoms with Crippen molar-refractivity contribution in [1.82, 2.24) is 0 Å². The van der Waals surface area contributed by atoms with Gasteiger partial charge in [0.25, 0.3) is 5.91 Å². The number of carbonyl (C=O) groups excluding carboxylic acids is 1. The van der Waals surface area contributed by atoms with Crippen LogP contribution in [-0.2, 0) is 0 Å². The normalized spacial score (nSPS) is 10.5. The average molecular weight is 330 g/mol. The second kappa shape index (κ2) is 6.14. The van der Waals surface area contributed by atoms with Crippen molar-refractivity contribution in [2.45, 2.75) is 0 Å². The minimum absolute atomic E-state index is 0.0717. The van der Waals surface area contributed by atoms with Crippen LogP contribution in [0.3, 0.4) is 0 Å². The van der Waals surface area contributed by atoms with Gasteiger partial charge in [0.15, 0.2) is 0 Å². The van der Waals surface area contributed by atoms with Gasteiger partial charge in [-0.3, -0.25) is 4.79 Å². The van der Waals surface area contributed by atoms with Crippen LogP contribution in [0.25, 0.3) is 11.0 Å². The van der Waals surface area contributed by atoms with E-state index in [0.717, 1.165) is 0 Å². The monoisotopic (exact) mass is 329 g/mol. The zero-order valence-electron chi connectivity index (χ0n) is 12.1. The Bertz CT molecular complexity index is 931. The highest BCUT2D eigenvalue weighted by Gasteiger charge is 2.14. The van der Waals surface area contributed by atoms with Gasteiger partial charge in [0.1, 0.15) is 16.9 Å². The molecule has 0 atom stereocenters. The summed E-state index contributed by atoms with van der Waals surface area (Å²) < 4.78 is 10.3. The first-order valence-electron chi connectivity index (χ1n) is 6.75. The van der Waals surface area contributed by atoms with E-state index in [1.165, 1.54) is 13.2 Å². The van der Waals surface area contributed by atoms with Gasteiger partial charge >= 0.3 is 5.63 Å². The Labute approximate surface area is 136 Å². The summed E-state index contributed by atoms with van der Waals surface area (Å²) in [6.45, 7) is 0. The number of methoxy groups -OCH3 is 1. The van der Waals surface area contributed by atoms with E-state index in [1.54, 1.807) is 42.5 Å². The molecule has 1 N–H and O–H groups in total. The van der Waals surface area contributed by atoms with Crippen molar-refractivity contribution < 1.29 is 13.9 Å². The van der Waals surface area contributed by atoms with Crippen molar-refractivity contribution in [3.8, 4) is 5.75 Å². The number of nitrogens with one attached hydrogen (secondary N) is 1. The van der Waals surface area contributed by atoms with Crippen LogP contribution >= 0.6 is 11.6 Å². The standard InChI is InChI=1S/C17H12ClNO4/c1-22-13-7-2-10-8-14(17(21)23-15(10)9-13)16(20)19-12-5-3-11(18)4-6-12/h2-9H,1H3,(H,19,20). The van der Waals surface area contributed by atoms with Crippen molar-refractivity contribution in [2.75, 3.05) is 12.4 Å². The highest BCUT2D eigenvalue weighted by molar-refractivity contribution is 6.30. The lowest BCUT2D eigenvalue weighted by atomic mass is 10.1. The van der Waals surface area contributed by atoms with E-state index in [-0.39, 0.29) is 5.56 Å². The Hall–Kier alpha value is -2.79. The summed E-state index contributed by atoms with van der Waals surface area (Å²) in [6.07, 6.45) is 0. The molecule has 6 heteroatoms. The summed E-state index contributed by atoms with van der Waals surface area (Å²) in [5.41, 5.74) is 0.112. The van der Waals surface area contributed by atoms with Crippen LogP contribution in [0.2, 0.25) is 5.02 Å². The molecule has 0 aliphatic rings. The molecular weight excluding hydrogens is 318 g/mol. The topological polar surface area (TPSA) is 68.5 Å². The van der Waals surface area contributed by atoms with Crippen molar-refractivity contribution in [1.29, 1.82) is 0 Å². The van der Waals surface area contributed by atoms with Crippen LogP contribution in [0, 0.1) is 0 Å². The van der Waals surface area contributed by atoms with Crippen LogP contribution in [-0.4, -0.2) is 13.0 Å². The molecule has 0 spiro atoms. The van der Waals surface area contributed by atoms with Crippen molar-refractivity contribution in [3.63, 3.8) is 0 Å². The van der Waals surface area contributed by atoms with Crippen LogP contribution in [0.1, 0.15) is 10.4 Å². The maximum absolute atomic E-state index is 12.3. The molecule has 1 heterocycles. The number of ether oxygens (including phenoxy) is 1. The van der Waals surface area contributed by atoms with E-state index in [4.69, 9.17) is 20.8 Å². The Kier molecular flexibility index (Phi) is 4.04. The third-order valence-corrected chi connectivity index (χ3v) is 3.54. The molecule has 0 saturated heterocycles. The van der Waals surface area contributed by atoms with Gasteiger partial charge in [-0.05, 0) is 42.5 Å². The fourth-order valence-corrected chi connectivity index (χ4v) is 2.23. The molecule has 2 aromatic carbocycles. The van der Waals surface area contributed by atoms with Gasteiger partial charge in [-0.1, -0.05) is 11.6 Å². The molecule has 3 rings (SSSR count). The maximum atomic E-state index is 12.3. The molecular formula is C17H12ClNO4. The number of rotatable bonds is 3. The summed E-state index contributed by atoms with van der Waals surface area (Å²) in [5, 5.41) is 3.82. The number of fused-ring (bicyclic) bond motifs is 1. The summed E-state index contributed by atoms with van der Waals surface area (Å²) in [7, 11) is 1.52. The van der Waals surface area contributed by atoms with Gasteiger partial charge in [-0.2, -0.15) is 0 Å². The van der Waals surface area contributed by atoms with Crippen LogP contribution < -0.4 is 15.7 Å². The van der Waals surface area contributed by atoms with Crippen molar-refractivity contribution >= 4 is 34.2 Å². The first-order chi connectivity index (χ1) is 11.1. The predicted octanol–water partition coefficient (Wildman–Crippen LogP) is 3.71. The Balaban J connectivity index is 1.95. The molecule has 0 saturated carbocycles. The molecule has 0 bridgehead atoms. The molecule has 1 amide bonds. The molecule has 1 aromatic heterocycles. The number of benzene rings is 2. The largest absolute Gasteiger partial charge is 0.497 e. The molecule has 23 heavy (non-hydrogen) atoms. The molecule has 5 nitrogen and oxygen atoms in total. The summed E-state index contributed by atoms with van der Waals surface area (Å²) in [4.78, 5) is 24.3. The van der Waals surface area contributed by atoms with E-state index >= 15 is 0 Å². The molecule has 0 unspecified atom stereocenters. The number of anilines is 1. The first-order valence-corrected chi connectivity index (χ1v) is 7.13. The average Bonchev–Trinajstić information content (AvgIpc) is 2.55. The SMILES string of the molecule is COc1ccc2cc(C(=O)Nc3ccc(Cl)cc3)c(=O)oc2c1. The Morgan fingerprint density at radius 2 is 1.87 bits per heavy atom. The quantitative estimate of drug-likeness (QED) is 0.744. The lowest BCUT2D eigenvalue weighted by Crippen LogP contribution is -2.20. The minimum Gasteiger partial charge on any atom is -0.497 e. The second-order valence-corrected chi connectivity index (χ2v) is 5.25. The van der Waals surface area contributed by atoms with Gasteiger partial charge in [-0.15, -0.1) is 0 Å². The van der Waals surface area contributed by atoms with E-state index in [9.17, 15) is 9.59 Å². The van der Waals surface area contributed by atoms with Crippen molar-refractivity contribution in [2.24, 2.45) is 0 Å². The summed E-state index contributed by atoms with van der Waals surface area (Å²) in [6, 6.07) is 13.1. The lowest BCUT2D eigenvalue weighted by Gasteiger charge is -2.06. The number of amides is 1. The van der Waals surface area contributed by atoms with Gasteiger partial charge in [0, 0.05) is 22.2 Å². The Morgan fingerprint density at radius 1 is 1.13 bits per heavy atom. The lowest BCUT2D eigenvalue weighted by molar-refractivity contribution is 0.102. The summed E-state index contributed by atoms with van der Waals surface area (Å²) >= 11 is 5.79. The number of carbonyl (C=O) groups is 1. The number of halogens is 1. The van der Waals surface area contributed by atoms with Crippen LogP contribution in [0.5, 0.6) is 5.75 Å². The first kappa shape index (κ1) is 15.1. The zero-order chi connectivity index (χ0) is 16.4. The highest BCUT2D eigenvalue weighted by atomic mass is 35.5. The highest BCUT2D eigenvalue weighted by Crippen LogP contribution is 2.20. The molecule has 0 aliphatic carbocycles. The third kappa shape index (κ3) is 3.19. The predicted molar refractivity (Wildman–Crippen MR) is 88.4 cm³/mol. The van der Waals surface area contributed by atoms with Crippen molar-refractivity contribution in [3.05, 3.63) is 69.5 Å². The minimum atomic E-state index is -0.711. The molecule has 0 fully saturated rings. The van der Waals surface area contributed by atoms with E-state index in [2.05, 4.69) is 5.32 Å². The number of hydrogen-bond acceptors (Lipinski definition) is 4. The zero-order valence-corrected chi connectivity index (χ0v) is 12.9. The third-order valence-electron chi connectivity index (χ3n) is 3.29. The van der Waals surface area contributed by atoms with E-state index < -0.39 is 11.5 Å². The van der Waals surface area contributed by atoms with E-state index in [0.29, 0.717) is 27.4 Å². The maximum Gasteiger partial charge on any atom is 0.349 e. The second-order valence-electron chi connectivity index (χ2n) is 4.81. The number of hydrogen-bond donors (Lipinski definition) is 1. The van der Waals surface area contributed by atoms with Crippen LogP contribution in [0.15, 0.2) is 57.7 Å². The summed E-state index contributed by atoms with van der Waals surface area (Å²) in [5.74, 6) is 0.0257. The van der Waals surface area contributed by atoms with E-state index in [1.807, 2.05) is 0 Å². The molecule has 0 aliphatic heterocycles. The molecule has 116 valence electrons. The molecule has 3 aromatic rings. The van der Waals surface area contributed by atoms with Gasteiger partial charge in [0.2, 0.25) is 0 Å². The Morgan fingerprint density at radius 3 is 2.57 bits per heavy atom. The fourth-order valence-electron chi connectivity index (χ4n) is 2.11. The van der Waals surface area contributed by atoms with Gasteiger partial charge < -0.3 is 14.5 Å².